The van der Waals surface area contributed by atoms with Gasteiger partial charge in [-0.3, -0.25) is 4.79 Å². The van der Waals surface area contributed by atoms with Crippen LogP contribution in [0.15, 0.2) is 18.2 Å². The first-order valence-electron chi connectivity index (χ1n) is 6.94. The molecule has 5 heteroatoms. The highest BCUT2D eigenvalue weighted by Gasteiger charge is 2.18. The maximum atomic E-state index is 12.2. The SMILES string of the molecule is COc1cccc(OC)c1CC(=O)N[C@H]1CCCNC1. The molecule has 20 heavy (non-hydrogen) atoms. The Labute approximate surface area is 119 Å². The third-order valence-electron chi connectivity index (χ3n) is 3.53. The van der Waals surface area contributed by atoms with Crippen molar-refractivity contribution in [3.8, 4) is 11.5 Å². The van der Waals surface area contributed by atoms with Crippen LogP contribution in [0.25, 0.3) is 0 Å². The molecule has 0 bridgehead atoms. The number of hydrogen-bond donors (Lipinski definition) is 2. The summed E-state index contributed by atoms with van der Waals surface area (Å²) >= 11 is 0. The van der Waals surface area contributed by atoms with Gasteiger partial charge >= 0.3 is 0 Å². The molecule has 0 saturated carbocycles. The summed E-state index contributed by atoms with van der Waals surface area (Å²) in [4.78, 5) is 12.2. The molecule has 2 rings (SSSR count). The van der Waals surface area contributed by atoms with Crippen LogP contribution in [0.3, 0.4) is 0 Å². The van der Waals surface area contributed by atoms with E-state index in [0.717, 1.165) is 31.5 Å². The van der Waals surface area contributed by atoms with E-state index in [1.54, 1.807) is 14.2 Å². The average Bonchev–Trinajstić information content (AvgIpc) is 2.48. The average molecular weight is 278 g/mol. The highest BCUT2D eigenvalue weighted by atomic mass is 16.5. The second kappa shape index (κ2) is 7.14. The Morgan fingerprint density at radius 1 is 1.35 bits per heavy atom. The summed E-state index contributed by atoms with van der Waals surface area (Å²) in [6, 6.07) is 5.75. The summed E-state index contributed by atoms with van der Waals surface area (Å²) in [5, 5.41) is 6.34. The van der Waals surface area contributed by atoms with E-state index in [-0.39, 0.29) is 18.4 Å². The number of ether oxygens (including phenoxy) is 2. The Bertz CT molecular complexity index is 434. The summed E-state index contributed by atoms with van der Waals surface area (Å²) in [7, 11) is 3.20. The van der Waals surface area contributed by atoms with Gasteiger partial charge in [0.2, 0.25) is 5.91 Å². The smallest absolute Gasteiger partial charge is 0.224 e. The maximum absolute atomic E-state index is 12.2. The van der Waals surface area contributed by atoms with Crippen LogP contribution in [0.1, 0.15) is 18.4 Å². The molecule has 1 saturated heterocycles. The largest absolute Gasteiger partial charge is 0.496 e. The van der Waals surface area contributed by atoms with Gasteiger partial charge in [0.05, 0.1) is 20.6 Å². The zero-order valence-electron chi connectivity index (χ0n) is 12.1. The van der Waals surface area contributed by atoms with Gasteiger partial charge in [0.15, 0.2) is 0 Å². The number of carbonyl (C=O) groups excluding carboxylic acids is 1. The van der Waals surface area contributed by atoms with Crippen molar-refractivity contribution in [2.75, 3.05) is 27.3 Å². The number of amides is 1. The minimum Gasteiger partial charge on any atom is -0.496 e. The minimum atomic E-state index is 0.00139. The minimum absolute atomic E-state index is 0.00139. The fraction of sp³-hybridized carbons (Fsp3) is 0.533. The molecular weight excluding hydrogens is 256 g/mol. The van der Waals surface area contributed by atoms with Crippen molar-refractivity contribution in [1.29, 1.82) is 0 Å². The highest BCUT2D eigenvalue weighted by Crippen LogP contribution is 2.28. The van der Waals surface area contributed by atoms with Gasteiger partial charge in [-0.25, -0.2) is 0 Å². The molecule has 110 valence electrons. The first kappa shape index (κ1) is 14.7. The monoisotopic (exact) mass is 278 g/mol. The number of piperidine rings is 1. The van der Waals surface area contributed by atoms with Crippen LogP contribution in [0.4, 0.5) is 0 Å². The molecule has 1 heterocycles. The first-order chi connectivity index (χ1) is 9.74. The summed E-state index contributed by atoms with van der Waals surface area (Å²) in [6.45, 7) is 1.88. The van der Waals surface area contributed by atoms with Gasteiger partial charge in [-0.1, -0.05) is 6.07 Å². The molecule has 0 unspecified atom stereocenters. The second-order valence-electron chi connectivity index (χ2n) is 4.93. The number of rotatable bonds is 5. The topological polar surface area (TPSA) is 59.6 Å². The second-order valence-corrected chi connectivity index (χ2v) is 4.93. The lowest BCUT2D eigenvalue weighted by atomic mass is 10.1. The first-order valence-corrected chi connectivity index (χ1v) is 6.94. The molecule has 1 aliphatic rings. The summed E-state index contributed by atoms with van der Waals surface area (Å²) in [5.41, 5.74) is 0.791. The zero-order chi connectivity index (χ0) is 14.4. The molecule has 5 nitrogen and oxygen atoms in total. The molecule has 0 radical (unpaired) electrons. The molecule has 0 aromatic heterocycles. The van der Waals surface area contributed by atoms with Gasteiger partial charge in [0.25, 0.3) is 0 Å². The van der Waals surface area contributed by atoms with Crippen LogP contribution < -0.4 is 20.1 Å². The number of methoxy groups -OCH3 is 2. The molecule has 1 aromatic carbocycles. The van der Waals surface area contributed by atoms with E-state index in [1.807, 2.05) is 18.2 Å². The molecule has 0 aliphatic carbocycles. The van der Waals surface area contributed by atoms with Crippen molar-refractivity contribution in [1.82, 2.24) is 10.6 Å². The normalized spacial score (nSPS) is 18.4. The van der Waals surface area contributed by atoms with Crippen LogP contribution in [-0.2, 0) is 11.2 Å². The predicted molar refractivity (Wildman–Crippen MR) is 77.3 cm³/mol. The van der Waals surface area contributed by atoms with E-state index in [2.05, 4.69) is 10.6 Å². The third kappa shape index (κ3) is 3.63. The Kier molecular flexibility index (Phi) is 5.24. The molecule has 1 fully saturated rings. The van der Waals surface area contributed by atoms with Crippen molar-refractivity contribution in [2.45, 2.75) is 25.3 Å². The summed E-state index contributed by atoms with van der Waals surface area (Å²) < 4.78 is 10.6. The maximum Gasteiger partial charge on any atom is 0.224 e. The Morgan fingerprint density at radius 2 is 2.05 bits per heavy atom. The van der Waals surface area contributed by atoms with Crippen LogP contribution in [-0.4, -0.2) is 39.3 Å². The van der Waals surface area contributed by atoms with Crippen molar-refractivity contribution >= 4 is 5.91 Å². The summed E-state index contributed by atoms with van der Waals surface area (Å²) in [6.07, 6.45) is 2.40. The van der Waals surface area contributed by atoms with Crippen molar-refractivity contribution in [2.24, 2.45) is 0 Å². The molecule has 2 N–H and O–H groups in total. The van der Waals surface area contributed by atoms with E-state index in [0.29, 0.717) is 11.5 Å². The van der Waals surface area contributed by atoms with E-state index >= 15 is 0 Å². The number of benzene rings is 1. The zero-order valence-corrected chi connectivity index (χ0v) is 12.1. The van der Waals surface area contributed by atoms with Gasteiger partial charge in [0.1, 0.15) is 11.5 Å². The van der Waals surface area contributed by atoms with Gasteiger partial charge < -0.3 is 20.1 Å². The van der Waals surface area contributed by atoms with Gasteiger partial charge in [-0.2, -0.15) is 0 Å². The molecule has 1 amide bonds. The quantitative estimate of drug-likeness (QED) is 0.847. The van der Waals surface area contributed by atoms with Crippen molar-refractivity contribution < 1.29 is 14.3 Å². The molecule has 1 aromatic rings. The van der Waals surface area contributed by atoms with Crippen LogP contribution in [0, 0.1) is 0 Å². The van der Waals surface area contributed by atoms with E-state index in [9.17, 15) is 4.79 Å². The fourth-order valence-corrected chi connectivity index (χ4v) is 2.52. The summed E-state index contributed by atoms with van der Waals surface area (Å²) in [5.74, 6) is 1.36. The van der Waals surface area contributed by atoms with Gasteiger partial charge in [0, 0.05) is 18.2 Å². The van der Waals surface area contributed by atoms with Gasteiger partial charge in [-0.05, 0) is 31.5 Å². The Balaban J connectivity index is 2.02. The lowest BCUT2D eigenvalue weighted by Gasteiger charge is -2.24. The van der Waals surface area contributed by atoms with Crippen LogP contribution in [0.2, 0.25) is 0 Å². The number of carbonyl (C=O) groups is 1. The van der Waals surface area contributed by atoms with Crippen LogP contribution >= 0.6 is 0 Å². The van der Waals surface area contributed by atoms with Gasteiger partial charge in [-0.15, -0.1) is 0 Å². The number of hydrogen-bond acceptors (Lipinski definition) is 4. The van der Waals surface area contributed by atoms with Crippen molar-refractivity contribution in [3.05, 3.63) is 23.8 Å². The van der Waals surface area contributed by atoms with E-state index in [4.69, 9.17) is 9.47 Å². The van der Waals surface area contributed by atoms with Crippen LogP contribution in [0.5, 0.6) is 11.5 Å². The Hall–Kier alpha value is -1.75. The molecular formula is C15H22N2O3. The van der Waals surface area contributed by atoms with E-state index < -0.39 is 0 Å². The number of nitrogens with one attached hydrogen (secondary N) is 2. The predicted octanol–water partition coefficient (Wildman–Crippen LogP) is 1.11. The van der Waals surface area contributed by atoms with E-state index in [1.165, 1.54) is 0 Å². The lowest BCUT2D eigenvalue weighted by molar-refractivity contribution is -0.121. The molecule has 1 atom stereocenters. The standard InChI is InChI=1S/C15H22N2O3/c1-19-13-6-3-7-14(20-2)12(13)9-15(18)17-11-5-4-8-16-10-11/h3,6-7,11,16H,4-5,8-10H2,1-2H3,(H,17,18)/t11-/m0/s1. The Morgan fingerprint density at radius 3 is 2.60 bits per heavy atom. The van der Waals surface area contributed by atoms with Crippen molar-refractivity contribution in [3.63, 3.8) is 0 Å². The third-order valence-corrected chi connectivity index (χ3v) is 3.53. The molecule has 1 aliphatic heterocycles. The highest BCUT2D eigenvalue weighted by molar-refractivity contribution is 5.80. The lowest BCUT2D eigenvalue weighted by Crippen LogP contribution is -2.46. The fourth-order valence-electron chi connectivity index (χ4n) is 2.52. The molecule has 0 spiro atoms.